The first-order valence-corrected chi connectivity index (χ1v) is 8.51. The molecule has 1 amide bonds. The molecule has 0 atom stereocenters. The minimum atomic E-state index is -0.839. The Bertz CT molecular complexity index is 839. The van der Waals surface area contributed by atoms with Crippen LogP contribution in [-0.4, -0.2) is 21.6 Å². The van der Waals surface area contributed by atoms with Gasteiger partial charge in [-0.2, -0.15) is 0 Å². The number of fused-ring (bicyclic) bond motifs is 1. The van der Waals surface area contributed by atoms with Gasteiger partial charge >= 0.3 is 0 Å². The number of thioether (sulfide) groups is 1. The molecule has 2 N–H and O–H groups in total. The van der Waals surface area contributed by atoms with Crippen molar-refractivity contribution >= 4 is 23.4 Å². The topological polar surface area (TPSA) is 74.8 Å². The zero-order valence-corrected chi connectivity index (χ0v) is 13.5. The van der Waals surface area contributed by atoms with E-state index in [-0.39, 0.29) is 17.0 Å². The highest BCUT2D eigenvalue weighted by Crippen LogP contribution is 2.20. The SMILES string of the molecule is O=C(CSc1nc2c(c(=O)[nH]1)CCCC2)Nc1ccc(F)cc1F. The number of carbonyl (C=O) groups is 1. The third-order valence-electron chi connectivity index (χ3n) is 3.71. The standard InChI is InChI=1S/C16H15F2N3O2S/c17-9-5-6-13(11(18)7-9)19-14(22)8-24-16-20-12-4-2-1-3-10(12)15(23)21-16/h5-7H,1-4,8H2,(H,19,22)(H,20,21,23). The van der Waals surface area contributed by atoms with Crippen LogP contribution in [0.1, 0.15) is 24.1 Å². The third-order valence-corrected chi connectivity index (χ3v) is 4.59. The number of rotatable bonds is 4. The molecule has 1 heterocycles. The molecule has 1 aromatic heterocycles. The molecule has 0 aliphatic heterocycles. The Morgan fingerprint density at radius 3 is 2.88 bits per heavy atom. The minimum absolute atomic E-state index is 0.0431. The van der Waals surface area contributed by atoms with Gasteiger partial charge in [-0.25, -0.2) is 13.8 Å². The quantitative estimate of drug-likeness (QED) is 0.656. The molecule has 5 nitrogen and oxygen atoms in total. The maximum absolute atomic E-state index is 13.5. The molecule has 24 heavy (non-hydrogen) atoms. The molecule has 1 aliphatic rings. The number of hydrogen-bond donors (Lipinski definition) is 2. The zero-order chi connectivity index (χ0) is 17.1. The lowest BCUT2D eigenvalue weighted by molar-refractivity contribution is -0.113. The number of carbonyl (C=O) groups excluding carboxylic acids is 1. The fraction of sp³-hybridized carbons (Fsp3) is 0.312. The van der Waals surface area contributed by atoms with E-state index >= 15 is 0 Å². The van der Waals surface area contributed by atoms with Gasteiger partial charge in [0.1, 0.15) is 11.6 Å². The van der Waals surface area contributed by atoms with Gasteiger partial charge in [0.2, 0.25) is 5.91 Å². The van der Waals surface area contributed by atoms with Crippen LogP contribution in [0, 0.1) is 11.6 Å². The van der Waals surface area contributed by atoms with Crippen molar-refractivity contribution in [3.8, 4) is 0 Å². The van der Waals surface area contributed by atoms with Crippen LogP contribution in [0.5, 0.6) is 0 Å². The molecule has 126 valence electrons. The van der Waals surface area contributed by atoms with E-state index in [9.17, 15) is 18.4 Å². The molecule has 3 rings (SSSR count). The molecule has 0 radical (unpaired) electrons. The average molecular weight is 351 g/mol. The molecule has 1 aliphatic carbocycles. The molecule has 0 saturated carbocycles. The lowest BCUT2D eigenvalue weighted by Crippen LogP contribution is -2.22. The fourth-order valence-electron chi connectivity index (χ4n) is 2.56. The molecule has 8 heteroatoms. The Balaban J connectivity index is 1.64. The molecular formula is C16H15F2N3O2S. The van der Waals surface area contributed by atoms with Gasteiger partial charge in [-0.3, -0.25) is 9.59 Å². The molecule has 1 aromatic carbocycles. The van der Waals surface area contributed by atoms with Gasteiger partial charge in [-0.05, 0) is 37.8 Å². The average Bonchev–Trinajstić information content (AvgIpc) is 2.56. The summed E-state index contributed by atoms with van der Waals surface area (Å²) in [6, 6.07) is 2.92. The van der Waals surface area contributed by atoms with E-state index in [2.05, 4.69) is 15.3 Å². The van der Waals surface area contributed by atoms with Gasteiger partial charge in [-0.15, -0.1) is 0 Å². The second-order valence-electron chi connectivity index (χ2n) is 5.46. The number of H-pyrrole nitrogens is 1. The predicted molar refractivity (Wildman–Crippen MR) is 87.2 cm³/mol. The summed E-state index contributed by atoms with van der Waals surface area (Å²) in [5, 5.41) is 2.73. The molecule has 0 fully saturated rings. The second-order valence-corrected chi connectivity index (χ2v) is 6.43. The van der Waals surface area contributed by atoms with Crippen LogP contribution in [-0.2, 0) is 17.6 Å². The lowest BCUT2D eigenvalue weighted by atomic mass is 9.97. The number of nitrogens with zero attached hydrogens (tertiary/aromatic N) is 1. The lowest BCUT2D eigenvalue weighted by Gasteiger charge is -2.14. The smallest absolute Gasteiger partial charge is 0.254 e. The van der Waals surface area contributed by atoms with Crippen molar-refractivity contribution in [2.75, 3.05) is 11.1 Å². The number of amides is 1. The number of benzene rings is 1. The van der Waals surface area contributed by atoms with E-state index in [1.165, 1.54) is 0 Å². The summed E-state index contributed by atoms with van der Waals surface area (Å²) in [5.74, 6) is -2.06. The summed E-state index contributed by atoms with van der Waals surface area (Å²) in [4.78, 5) is 30.9. The number of aryl methyl sites for hydroxylation is 1. The van der Waals surface area contributed by atoms with Crippen LogP contribution >= 0.6 is 11.8 Å². The van der Waals surface area contributed by atoms with E-state index in [1.807, 2.05) is 0 Å². The van der Waals surface area contributed by atoms with Gasteiger partial charge in [0.25, 0.3) is 5.56 Å². The maximum atomic E-state index is 13.5. The van der Waals surface area contributed by atoms with Crippen LogP contribution < -0.4 is 10.9 Å². The molecule has 0 bridgehead atoms. The Labute approximate surface area is 140 Å². The van der Waals surface area contributed by atoms with Gasteiger partial charge in [0.15, 0.2) is 5.16 Å². The summed E-state index contributed by atoms with van der Waals surface area (Å²) in [6.45, 7) is 0. The number of aromatic amines is 1. The Morgan fingerprint density at radius 2 is 2.08 bits per heavy atom. The minimum Gasteiger partial charge on any atom is -0.323 e. The molecule has 0 spiro atoms. The number of aromatic nitrogens is 2. The van der Waals surface area contributed by atoms with Crippen molar-refractivity contribution in [2.45, 2.75) is 30.8 Å². The van der Waals surface area contributed by atoms with Crippen LogP contribution in [0.4, 0.5) is 14.5 Å². The van der Waals surface area contributed by atoms with Crippen molar-refractivity contribution in [3.63, 3.8) is 0 Å². The number of hydrogen-bond acceptors (Lipinski definition) is 4. The third kappa shape index (κ3) is 3.81. The van der Waals surface area contributed by atoms with Crippen molar-refractivity contribution in [3.05, 3.63) is 51.4 Å². The Hall–Kier alpha value is -2.22. The molecule has 0 saturated heterocycles. The zero-order valence-electron chi connectivity index (χ0n) is 12.7. The van der Waals surface area contributed by atoms with Crippen molar-refractivity contribution in [1.82, 2.24) is 9.97 Å². The van der Waals surface area contributed by atoms with E-state index in [0.29, 0.717) is 11.2 Å². The summed E-state index contributed by atoms with van der Waals surface area (Å²) in [7, 11) is 0. The van der Waals surface area contributed by atoms with E-state index in [4.69, 9.17) is 0 Å². The highest BCUT2D eigenvalue weighted by Gasteiger charge is 2.16. The van der Waals surface area contributed by atoms with Gasteiger partial charge in [0, 0.05) is 11.6 Å². The fourth-order valence-corrected chi connectivity index (χ4v) is 3.24. The predicted octanol–water partition coefficient (Wildman–Crippen LogP) is 2.66. The van der Waals surface area contributed by atoms with E-state index in [1.54, 1.807) is 0 Å². The van der Waals surface area contributed by atoms with Crippen molar-refractivity contribution in [1.29, 1.82) is 0 Å². The normalized spacial score (nSPS) is 13.4. The van der Waals surface area contributed by atoms with Gasteiger partial charge in [0.05, 0.1) is 17.1 Å². The van der Waals surface area contributed by atoms with Crippen molar-refractivity contribution < 1.29 is 13.6 Å². The largest absolute Gasteiger partial charge is 0.323 e. The van der Waals surface area contributed by atoms with Crippen LogP contribution in [0.3, 0.4) is 0 Å². The summed E-state index contributed by atoms with van der Waals surface area (Å²) in [5.41, 5.74) is 1.27. The van der Waals surface area contributed by atoms with Crippen molar-refractivity contribution in [2.24, 2.45) is 0 Å². The van der Waals surface area contributed by atoms with Gasteiger partial charge in [-0.1, -0.05) is 11.8 Å². The van der Waals surface area contributed by atoms with E-state index in [0.717, 1.165) is 60.8 Å². The summed E-state index contributed by atoms with van der Waals surface area (Å²) in [6.07, 6.45) is 3.47. The monoisotopic (exact) mass is 351 g/mol. The second kappa shape index (κ2) is 7.12. The summed E-state index contributed by atoms with van der Waals surface area (Å²) < 4.78 is 26.3. The van der Waals surface area contributed by atoms with E-state index < -0.39 is 17.5 Å². The molecule has 2 aromatic rings. The highest BCUT2D eigenvalue weighted by molar-refractivity contribution is 7.99. The molecular weight excluding hydrogens is 336 g/mol. The Morgan fingerprint density at radius 1 is 1.29 bits per heavy atom. The van der Waals surface area contributed by atoms with Crippen LogP contribution in [0.15, 0.2) is 28.2 Å². The number of anilines is 1. The van der Waals surface area contributed by atoms with Gasteiger partial charge < -0.3 is 10.3 Å². The number of nitrogens with one attached hydrogen (secondary N) is 2. The Kier molecular flexibility index (Phi) is 4.94. The summed E-state index contributed by atoms with van der Waals surface area (Å²) >= 11 is 1.07. The first kappa shape index (κ1) is 16.6. The van der Waals surface area contributed by atoms with Crippen LogP contribution in [0.25, 0.3) is 0 Å². The highest BCUT2D eigenvalue weighted by atomic mass is 32.2. The molecule has 0 unspecified atom stereocenters. The van der Waals surface area contributed by atoms with Crippen LogP contribution in [0.2, 0.25) is 0 Å². The number of halogens is 2. The maximum Gasteiger partial charge on any atom is 0.254 e. The first-order chi connectivity index (χ1) is 11.5. The first-order valence-electron chi connectivity index (χ1n) is 7.52.